The number of pyridine rings is 1. The molecule has 3 aliphatic rings. The first kappa shape index (κ1) is 14.2. The molecule has 6 nitrogen and oxygen atoms in total. The van der Waals surface area contributed by atoms with Gasteiger partial charge in [-0.1, -0.05) is 6.07 Å². The predicted molar refractivity (Wildman–Crippen MR) is 105 cm³/mol. The van der Waals surface area contributed by atoms with Crippen LogP contribution in [0.5, 0.6) is 0 Å². The molecule has 1 atom stereocenters. The lowest BCUT2D eigenvalue weighted by Crippen LogP contribution is -2.49. The first-order chi connectivity index (χ1) is 14.7. The van der Waals surface area contributed by atoms with Crippen LogP contribution in [0, 0.1) is 0 Å². The fourth-order valence-electron chi connectivity index (χ4n) is 4.68. The van der Waals surface area contributed by atoms with Crippen molar-refractivity contribution in [2.75, 3.05) is 25.5 Å². The first-order valence-corrected chi connectivity index (χ1v) is 9.52. The maximum Gasteiger partial charge on any atom is 0.410 e. The molecule has 0 bridgehead atoms. The molecule has 1 spiro atoms. The van der Waals surface area contributed by atoms with Crippen molar-refractivity contribution in [1.82, 2.24) is 9.88 Å². The van der Waals surface area contributed by atoms with Crippen molar-refractivity contribution in [2.45, 2.75) is 37.6 Å². The van der Waals surface area contributed by atoms with Gasteiger partial charge < -0.3 is 14.5 Å². The minimum absolute atomic E-state index is 0.183. The Hall–Kier alpha value is -2.89. The van der Waals surface area contributed by atoms with Gasteiger partial charge in [0, 0.05) is 54.6 Å². The highest BCUT2D eigenvalue weighted by atomic mass is 16.6. The van der Waals surface area contributed by atoms with E-state index in [2.05, 4.69) is 4.98 Å². The van der Waals surface area contributed by atoms with Crippen LogP contribution in [0.2, 0.25) is 0 Å². The smallest absolute Gasteiger partial charge is 0.410 e. The highest BCUT2D eigenvalue weighted by molar-refractivity contribution is 5.96. The van der Waals surface area contributed by atoms with Crippen LogP contribution in [0.25, 0.3) is 11.1 Å². The van der Waals surface area contributed by atoms with Crippen LogP contribution in [0.1, 0.15) is 33.6 Å². The van der Waals surface area contributed by atoms with E-state index in [-0.39, 0.29) is 24.0 Å². The van der Waals surface area contributed by atoms with Gasteiger partial charge in [-0.15, -0.1) is 0 Å². The Bertz CT molecular complexity index is 1100. The lowest BCUT2D eigenvalue weighted by molar-refractivity contribution is -0.118. The Balaban J connectivity index is 1.52. The summed E-state index contributed by atoms with van der Waals surface area (Å²) in [6.45, 7) is -2.10. The SMILES string of the molecule is [2H]C([2H])([2H])N1C(=O)CCc2cc(-c3cncc4c3CC[C@@]3(COC(=O)N3C)C4)ccc21. The zero-order valence-electron chi connectivity index (χ0n) is 18.7. The molecule has 1 saturated heterocycles. The van der Waals surface area contributed by atoms with Crippen molar-refractivity contribution in [3.8, 4) is 11.1 Å². The number of hydrogen-bond acceptors (Lipinski definition) is 4. The number of carbonyl (C=O) groups excluding carboxylic acids is 2. The summed E-state index contributed by atoms with van der Waals surface area (Å²) in [5.41, 5.74) is 5.28. The van der Waals surface area contributed by atoms with E-state index in [9.17, 15) is 9.59 Å². The minimum atomic E-state index is -2.50. The van der Waals surface area contributed by atoms with Gasteiger partial charge in [-0.3, -0.25) is 9.78 Å². The number of aromatic nitrogens is 1. The summed E-state index contributed by atoms with van der Waals surface area (Å²) in [6.07, 6.45) is 6.43. The molecule has 0 radical (unpaired) electrons. The Labute approximate surface area is 168 Å². The number of rotatable bonds is 1. The standard InChI is InChI=1S/C22H23N3O3/c1-24-19-5-3-14(9-15(19)4-6-20(24)26)18-12-23-11-16-10-22(8-7-17(16)18)13-28-21(27)25(22)2/h3,5,9,11-12H,4,6-8,10,13H2,1-2H3/t22-/m0/s1/i1D3. The monoisotopic (exact) mass is 380 g/mol. The lowest BCUT2D eigenvalue weighted by Gasteiger charge is -2.38. The molecule has 0 N–H and O–H groups in total. The highest BCUT2D eigenvalue weighted by Gasteiger charge is 2.47. The average Bonchev–Trinajstić information content (AvgIpc) is 3.00. The molecule has 2 amide bonds. The molecular formula is C22H23N3O3. The van der Waals surface area contributed by atoms with Crippen molar-refractivity contribution in [3.63, 3.8) is 0 Å². The second kappa shape index (κ2) is 6.06. The Kier molecular flexibility index (Phi) is 3.06. The molecule has 1 aromatic heterocycles. The largest absolute Gasteiger partial charge is 0.447 e. The Morgan fingerprint density at radius 3 is 2.86 bits per heavy atom. The van der Waals surface area contributed by atoms with E-state index < -0.39 is 6.98 Å². The van der Waals surface area contributed by atoms with Gasteiger partial charge in [0.1, 0.15) is 6.61 Å². The number of ether oxygens (including phenoxy) is 1. The lowest BCUT2D eigenvalue weighted by atomic mass is 9.76. The van der Waals surface area contributed by atoms with Gasteiger partial charge in [-0.2, -0.15) is 0 Å². The maximum absolute atomic E-state index is 12.2. The van der Waals surface area contributed by atoms with E-state index in [0.717, 1.165) is 40.0 Å². The molecule has 1 aromatic carbocycles. The number of hydrogen-bond donors (Lipinski definition) is 0. The summed E-state index contributed by atoms with van der Waals surface area (Å²) in [4.78, 5) is 31.3. The van der Waals surface area contributed by atoms with Gasteiger partial charge in [0.15, 0.2) is 0 Å². The fraction of sp³-hybridized carbons (Fsp3) is 0.409. The zero-order valence-corrected chi connectivity index (χ0v) is 15.7. The Morgan fingerprint density at radius 1 is 1.18 bits per heavy atom. The van der Waals surface area contributed by atoms with Crippen LogP contribution >= 0.6 is 0 Å². The summed E-state index contributed by atoms with van der Waals surface area (Å²) in [5.74, 6) is -0.373. The fourth-order valence-corrected chi connectivity index (χ4v) is 4.68. The third kappa shape index (κ3) is 2.44. The third-order valence-electron chi connectivity index (χ3n) is 6.45. The molecule has 5 rings (SSSR count). The van der Waals surface area contributed by atoms with Gasteiger partial charge in [0.25, 0.3) is 0 Å². The number of amides is 2. The number of likely N-dealkylation sites (N-methyl/N-ethyl adjacent to an activating group) is 1. The molecule has 0 saturated carbocycles. The van der Waals surface area contributed by atoms with E-state index in [1.54, 1.807) is 18.0 Å². The van der Waals surface area contributed by atoms with E-state index in [1.807, 2.05) is 24.5 Å². The summed E-state index contributed by atoms with van der Waals surface area (Å²) in [7, 11) is 1.79. The van der Waals surface area contributed by atoms with Gasteiger partial charge in [-0.05, 0) is 53.6 Å². The molecule has 2 aromatic rings. The Morgan fingerprint density at radius 2 is 2.07 bits per heavy atom. The molecule has 1 aliphatic carbocycles. The van der Waals surface area contributed by atoms with Gasteiger partial charge in [0.05, 0.1) is 5.54 Å². The van der Waals surface area contributed by atoms with Crippen LogP contribution in [-0.2, 0) is 28.8 Å². The number of benzene rings is 1. The zero-order chi connectivity index (χ0) is 22.0. The number of carbonyl (C=O) groups is 2. The summed E-state index contributed by atoms with van der Waals surface area (Å²) < 4.78 is 28.5. The van der Waals surface area contributed by atoms with Crippen molar-refractivity contribution in [1.29, 1.82) is 0 Å². The predicted octanol–water partition coefficient (Wildman–Crippen LogP) is 2.97. The molecule has 28 heavy (non-hydrogen) atoms. The molecule has 3 heterocycles. The van der Waals surface area contributed by atoms with Crippen molar-refractivity contribution < 1.29 is 18.4 Å². The molecule has 2 aliphatic heterocycles. The topological polar surface area (TPSA) is 62.7 Å². The van der Waals surface area contributed by atoms with Crippen LogP contribution in [0.15, 0.2) is 30.6 Å². The number of anilines is 1. The van der Waals surface area contributed by atoms with Crippen molar-refractivity contribution in [3.05, 3.63) is 47.3 Å². The van der Waals surface area contributed by atoms with Crippen LogP contribution in [-0.4, -0.2) is 48.1 Å². The van der Waals surface area contributed by atoms with Crippen LogP contribution < -0.4 is 4.90 Å². The van der Waals surface area contributed by atoms with Crippen LogP contribution in [0.4, 0.5) is 10.5 Å². The molecule has 0 unspecified atom stereocenters. The van der Waals surface area contributed by atoms with Crippen molar-refractivity contribution >= 4 is 17.7 Å². The first-order valence-electron chi connectivity index (χ1n) is 11.0. The number of aryl methyl sites for hydroxylation is 1. The second-order valence-corrected chi connectivity index (χ2v) is 7.91. The quantitative estimate of drug-likeness (QED) is 0.763. The van der Waals surface area contributed by atoms with E-state index in [0.29, 0.717) is 25.1 Å². The number of fused-ring (bicyclic) bond motifs is 2. The van der Waals surface area contributed by atoms with Crippen LogP contribution in [0.3, 0.4) is 0 Å². The van der Waals surface area contributed by atoms with E-state index in [4.69, 9.17) is 8.85 Å². The molecule has 1 fully saturated rings. The second-order valence-electron chi connectivity index (χ2n) is 7.91. The minimum Gasteiger partial charge on any atom is -0.447 e. The third-order valence-corrected chi connectivity index (χ3v) is 6.45. The highest BCUT2D eigenvalue weighted by Crippen LogP contribution is 2.40. The van der Waals surface area contributed by atoms with E-state index in [1.165, 1.54) is 5.56 Å². The molecular weight excluding hydrogens is 354 g/mol. The molecule has 6 heteroatoms. The van der Waals surface area contributed by atoms with Gasteiger partial charge in [-0.25, -0.2) is 4.79 Å². The van der Waals surface area contributed by atoms with E-state index >= 15 is 0 Å². The number of nitrogens with zero attached hydrogens (tertiary/aromatic N) is 3. The summed E-state index contributed by atoms with van der Waals surface area (Å²) >= 11 is 0. The van der Waals surface area contributed by atoms with Crippen molar-refractivity contribution in [2.24, 2.45) is 0 Å². The van der Waals surface area contributed by atoms with Gasteiger partial charge >= 0.3 is 6.09 Å². The maximum atomic E-state index is 12.2. The molecule has 144 valence electrons. The van der Waals surface area contributed by atoms with Gasteiger partial charge in [0.2, 0.25) is 5.91 Å². The summed E-state index contributed by atoms with van der Waals surface area (Å²) in [6, 6.07) is 5.58. The number of cyclic esters (lactones) is 1. The summed E-state index contributed by atoms with van der Waals surface area (Å²) in [5, 5.41) is 0. The normalized spacial score (nSPS) is 25.7. The average molecular weight is 380 g/mol.